The summed E-state index contributed by atoms with van der Waals surface area (Å²) in [6.07, 6.45) is 2.71. The molecule has 3 aromatic rings. The van der Waals surface area contributed by atoms with Gasteiger partial charge < -0.3 is 4.90 Å². The zero-order valence-electron chi connectivity index (χ0n) is 15.3. The summed E-state index contributed by atoms with van der Waals surface area (Å²) in [5.41, 5.74) is 0.347. The fraction of sp³-hybridized carbons (Fsp3) is 0.200. The number of amides is 1. The molecule has 1 aromatic heterocycles. The molecule has 1 saturated heterocycles. The number of rotatable bonds is 3. The highest BCUT2D eigenvalue weighted by molar-refractivity contribution is 7.89. The molecule has 2 heterocycles. The third-order valence-corrected chi connectivity index (χ3v) is 6.92. The molecule has 1 fully saturated rings. The highest BCUT2D eigenvalue weighted by atomic mass is 32.2. The van der Waals surface area contributed by atoms with Gasteiger partial charge in [-0.3, -0.25) is 9.78 Å². The van der Waals surface area contributed by atoms with E-state index >= 15 is 0 Å². The lowest BCUT2D eigenvalue weighted by Crippen LogP contribution is -2.50. The monoisotopic (exact) mass is 417 g/mol. The molecule has 0 aliphatic carbocycles. The van der Waals surface area contributed by atoms with Gasteiger partial charge in [0.1, 0.15) is 11.6 Å². The number of benzene rings is 2. The summed E-state index contributed by atoms with van der Waals surface area (Å²) in [7, 11) is -3.87. The highest BCUT2D eigenvalue weighted by Gasteiger charge is 2.31. The summed E-state index contributed by atoms with van der Waals surface area (Å²) in [5, 5.41) is 0.406. The summed E-state index contributed by atoms with van der Waals surface area (Å²) in [5.74, 6) is -1.25. The fourth-order valence-corrected chi connectivity index (χ4v) is 5.02. The maximum atomic E-state index is 14.0. The quantitative estimate of drug-likeness (QED) is 0.657. The Morgan fingerprint density at radius 3 is 2.28 bits per heavy atom. The van der Waals surface area contributed by atoms with Gasteiger partial charge in [-0.1, -0.05) is 0 Å². The molecule has 0 radical (unpaired) electrons. The maximum absolute atomic E-state index is 14.0. The standard InChI is InChI=1S/C20H17F2N3O3S/c21-15-3-1-14(2-4-15)20(26)24-9-11-25(12-10-24)29(27,28)19-6-5-18(22)17-13-23-8-7-16(17)19/h1-8,13H,9-12H2. The average molecular weight is 417 g/mol. The minimum atomic E-state index is -3.87. The van der Waals surface area contributed by atoms with Crippen molar-refractivity contribution in [3.05, 3.63) is 72.1 Å². The van der Waals surface area contributed by atoms with Crippen LogP contribution in [0.5, 0.6) is 0 Å². The fourth-order valence-electron chi connectivity index (χ4n) is 3.40. The second kappa shape index (κ2) is 7.49. The molecule has 0 spiro atoms. The zero-order valence-corrected chi connectivity index (χ0v) is 16.1. The average Bonchev–Trinajstić information content (AvgIpc) is 2.74. The van der Waals surface area contributed by atoms with Gasteiger partial charge in [-0.05, 0) is 42.5 Å². The van der Waals surface area contributed by atoms with Crippen LogP contribution in [0.1, 0.15) is 10.4 Å². The van der Waals surface area contributed by atoms with E-state index in [0.717, 1.165) is 6.07 Å². The van der Waals surface area contributed by atoms with Gasteiger partial charge in [-0.25, -0.2) is 17.2 Å². The molecule has 0 saturated carbocycles. The Morgan fingerprint density at radius 1 is 0.897 bits per heavy atom. The molecule has 29 heavy (non-hydrogen) atoms. The number of nitrogens with zero attached hydrogens (tertiary/aromatic N) is 3. The van der Waals surface area contributed by atoms with Crippen LogP contribution >= 0.6 is 0 Å². The largest absolute Gasteiger partial charge is 0.336 e. The van der Waals surface area contributed by atoms with Gasteiger partial charge >= 0.3 is 0 Å². The van der Waals surface area contributed by atoms with Crippen LogP contribution in [0, 0.1) is 11.6 Å². The first-order chi connectivity index (χ1) is 13.9. The molecular weight excluding hydrogens is 400 g/mol. The number of pyridine rings is 1. The predicted molar refractivity (Wildman–Crippen MR) is 103 cm³/mol. The van der Waals surface area contributed by atoms with Crippen molar-refractivity contribution in [2.45, 2.75) is 4.90 Å². The van der Waals surface area contributed by atoms with Crippen molar-refractivity contribution in [3.63, 3.8) is 0 Å². The minimum Gasteiger partial charge on any atom is -0.336 e. The smallest absolute Gasteiger partial charge is 0.253 e. The number of hydrogen-bond acceptors (Lipinski definition) is 4. The number of halogens is 2. The Morgan fingerprint density at radius 2 is 1.59 bits per heavy atom. The molecule has 0 N–H and O–H groups in total. The van der Waals surface area contributed by atoms with Gasteiger partial charge in [0.25, 0.3) is 5.91 Å². The summed E-state index contributed by atoms with van der Waals surface area (Å²) in [6, 6.07) is 9.07. The van der Waals surface area contributed by atoms with Gasteiger partial charge in [0, 0.05) is 54.9 Å². The molecule has 1 aliphatic heterocycles. The van der Waals surface area contributed by atoms with E-state index in [1.165, 1.54) is 58.0 Å². The van der Waals surface area contributed by atoms with Gasteiger partial charge in [0.05, 0.1) is 4.90 Å². The van der Waals surface area contributed by atoms with E-state index in [1.54, 1.807) is 0 Å². The van der Waals surface area contributed by atoms with Crippen LogP contribution in [-0.2, 0) is 10.0 Å². The number of aromatic nitrogens is 1. The Labute approximate surface area is 166 Å². The van der Waals surface area contributed by atoms with Crippen LogP contribution in [0.15, 0.2) is 59.8 Å². The first-order valence-electron chi connectivity index (χ1n) is 8.95. The van der Waals surface area contributed by atoms with Crippen molar-refractivity contribution < 1.29 is 22.0 Å². The highest BCUT2D eigenvalue weighted by Crippen LogP contribution is 2.28. The van der Waals surface area contributed by atoms with Crippen LogP contribution in [0.4, 0.5) is 8.78 Å². The first kappa shape index (κ1) is 19.4. The normalized spacial score (nSPS) is 15.6. The Bertz CT molecular complexity index is 1180. The van der Waals surface area contributed by atoms with Crippen LogP contribution in [-0.4, -0.2) is 54.7 Å². The van der Waals surface area contributed by atoms with Crippen LogP contribution in [0.3, 0.4) is 0 Å². The van der Waals surface area contributed by atoms with Gasteiger partial charge in [0.2, 0.25) is 10.0 Å². The lowest BCUT2D eigenvalue weighted by atomic mass is 10.2. The van der Waals surface area contributed by atoms with Crippen molar-refractivity contribution in [3.8, 4) is 0 Å². The molecule has 1 aliphatic rings. The number of hydrogen-bond donors (Lipinski definition) is 0. The molecule has 0 atom stereocenters. The number of fused-ring (bicyclic) bond motifs is 1. The molecule has 2 aromatic carbocycles. The molecule has 9 heteroatoms. The second-order valence-electron chi connectivity index (χ2n) is 6.67. The maximum Gasteiger partial charge on any atom is 0.253 e. The summed E-state index contributed by atoms with van der Waals surface area (Å²) >= 11 is 0. The molecule has 1 amide bonds. The SMILES string of the molecule is O=C(c1ccc(F)cc1)N1CCN(S(=O)(=O)c2ccc(F)c3cnccc23)CC1. The van der Waals surface area contributed by atoms with Gasteiger partial charge in [0.15, 0.2) is 0 Å². The molecular formula is C20H17F2N3O3S. The van der Waals surface area contributed by atoms with Crippen LogP contribution in [0.2, 0.25) is 0 Å². The number of carbonyl (C=O) groups is 1. The van der Waals surface area contributed by atoms with Crippen LogP contribution in [0.25, 0.3) is 10.8 Å². The number of carbonyl (C=O) groups excluding carboxylic acids is 1. The van der Waals surface area contributed by atoms with E-state index in [4.69, 9.17) is 0 Å². The molecule has 0 unspecified atom stereocenters. The summed E-state index contributed by atoms with van der Waals surface area (Å²) < 4.78 is 54.6. The molecule has 4 rings (SSSR count). The predicted octanol–water partition coefficient (Wildman–Crippen LogP) is 2.66. The van der Waals surface area contributed by atoms with E-state index in [0.29, 0.717) is 5.56 Å². The van der Waals surface area contributed by atoms with Crippen molar-refractivity contribution in [2.75, 3.05) is 26.2 Å². The van der Waals surface area contributed by atoms with E-state index < -0.39 is 21.7 Å². The van der Waals surface area contributed by atoms with E-state index in [9.17, 15) is 22.0 Å². The first-order valence-corrected chi connectivity index (χ1v) is 10.4. The van der Waals surface area contributed by atoms with Crippen molar-refractivity contribution in [1.82, 2.24) is 14.2 Å². The Kier molecular flexibility index (Phi) is 5.01. The minimum absolute atomic E-state index is 0.00890. The van der Waals surface area contributed by atoms with Crippen molar-refractivity contribution in [2.24, 2.45) is 0 Å². The third kappa shape index (κ3) is 3.58. The van der Waals surface area contributed by atoms with Gasteiger partial charge in [-0.2, -0.15) is 4.31 Å². The Balaban J connectivity index is 1.55. The molecule has 6 nitrogen and oxygen atoms in total. The summed E-state index contributed by atoms with van der Waals surface area (Å²) in [4.78, 5) is 17.9. The van der Waals surface area contributed by atoms with E-state index in [-0.39, 0.29) is 47.8 Å². The van der Waals surface area contributed by atoms with E-state index in [1.807, 2.05) is 0 Å². The molecule has 0 bridgehead atoms. The van der Waals surface area contributed by atoms with E-state index in [2.05, 4.69) is 4.98 Å². The second-order valence-corrected chi connectivity index (χ2v) is 8.58. The van der Waals surface area contributed by atoms with Crippen LogP contribution < -0.4 is 0 Å². The number of piperazine rings is 1. The lowest BCUT2D eigenvalue weighted by Gasteiger charge is -2.34. The topological polar surface area (TPSA) is 70.6 Å². The van der Waals surface area contributed by atoms with Gasteiger partial charge in [-0.15, -0.1) is 0 Å². The lowest BCUT2D eigenvalue weighted by molar-refractivity contribution is 0.0698. The molecule has 150 valence electrons. The Hall–Kier alpha value is -2.91. The van der Waals surface area contributed by atoms with Crippen molar-refractivity contribution >= 4 is 26.7 Å². The zero-order chi connectivity index (χ0) is 20.6. The van der Waals surface area contributed by atoms with Crippen molar-refractivity contribution in [1.29, 1.82) is 0 Å². The third-order valence-electron chi connectivity index (χ3n) is 4.96. The summed E-state index contributed by atoms with van der Waals surface area (Å²) in [6.45, 7) is 0.630. The number of sulfonamides is 1.